The van der Waals surface area contributed by atoms with Crippen LogP contribution >= 0.6 is 0 Å². The van der Waals surface area contributed by atoms with Gasteiger partial charge in [-0.1, -0.05) is 30.3 Å². The molecular formula is C17H18N2O. The van der Waals surface area contributed by atoms with E-state index in [1.54, 1.807) is 6.20 Å². The minimum Gasteiger partial charge on any atom is -0.332 e. The van der Waals surface area contributed by atoms with E-state index < -0.39 is 0 Å². The third-order valence-corrected chi connectivity index (χ3v) is 3.86. The quantitative estimate of drug-likeness (QED) is 0.835. The molecular weight excluding hydrogens is 248 g/mol. The lowest BCUT2D eigenvalue weighted by molar-refractivity contribution is 0.0735. The van der Waals surface area contributed by atoms with Crippen LogP contribution in [0.5, 0.6) is 0 Å². The molecule has 3 heteroatoms. The Balaban J connectivity index is 1.85. The molecule has 1 unspecified atom stereocenters. The van der Waals surface area contributed by atoms with Crippen LogP contribution in [0.1, 0.15) is 40.5 Å². The smallest absolute Gasteiger partial charge is 0.255 e. The zero-order chi connectivity index (χ0) is 13.9. The van der Waals surface area contributed by atoms with Gasteiger partial charge >= 0.3 is 0 Å². The number of nitrogens with zero attached hydrogens (tertiary/aromatic N) is 2. The standard InChI is InChI=1S/C17H18N2O/c1-13-9-10-15(12-18-13)17(20)19-11-5-8-16(19)14-6-3-2-4-7-14/h2-4,6-7,9-10,12,16H,5,8,11H2,1H3. The first-order chi connectivity index (χ1) is 9.75. The molecule has 1 aromatic carbocycles. The van der Waals surface area contributed by atoms with Crippen LogP contribution < -0.4 is 0 Å². The van der Waals surface area contributed by atoms with E-state index in [-0.39, 0.29) is 11.9 Å². The van der Waals surface area contributed by atoms with Crippen LogP contribution in [-0.4, -0.2) is 22.3 Å². The third kappa shape index (κ3) is 2.44. The molecule has 3 nitrogen and oxygen atoms in total. The first-order valence-electron chi connectivity index (χ1n) is 7.04. The molecule has 1 aliphatic heterocycles. The molecule has 1 fully saturated rings. The zero-order valence-electron chi connectivity index (χ0n) is 11.6. The minimum absolute atomic E-state index is 0.0869. The molecule has 3 rings (SSSR count). The Bertz CT molecular complexity index is 592. The second kappa shape index (κ2) is 5.45. The van der Waals surface area contributed by atoms with Gasteiger partial charge < -0.3 is 4.90 Å². The van der Waals surface area contributed by atoms with Gasteiger partial charge in [-0.15, -0.1) is 0 Å². The summed E-state index contributed by atoms with van der Waals surface area (Å²) < 4.78 is 0. The van der Waals surface area contributed by atoms with E-state index in [0.29, 0.717) is 5.56 Å². The van der Waals surface area contributed by atoms with Crippen LogP contribution in [0, 0.1) is 6.92 Å². The summed E-state index contributed by atoms with van der Waals surface area (Å²) in [6.45, 7) is 2.75. The van der Waals surface area contributed by atoms with Gasteiger partial charge in [-0.3, -0.25) is 9.78 Å². The fourth-order valence-electron chi connectivity index (χ4n) is 2.79. The third-order valence-electron chi connectivity index (χ3n) is 3.86. The molecule has 0 N–H and O–H groups in total. The summed E-state index contributed by atoms with van der Waals surface area (Å²) in [5, 5.41) is 0. The average Bonchev–Trinajstić information content (AvgIpc) is 2.97. The molecule has 2 aromatic rings. The van der Waals surface area contributed by atoms with Crippen molar-refractivity contribution in [3.05, 3.63) is 65.5 Å². The van der Waals surface area contributed by atoms with Gasteiger partial charge in [-0.2, -0.15) is 0 Å². The highest BCUT2D eigenvalue weighted by molar-refractivity contribution is 5.94. The molecule has 0 radical (unpaired) electrons. The van der Waals surface area contributed by atoms with E-state index in [1.165, 1.54) is 5.56 Å². The summed E-state index contributed by atoms with van der Waals surface area (Å²) in [6, 6.07) is 14.2. The largest absolute Gasteiger partial charge is 0.332 e. The van der Waals surface area contributed by atoms with E-state index in [2.05, 4.69) is 17.1 Å². The van der Waals surface area contributed by atoms with Crippen LogP contribution in [0.2, 0.25) is 0 Å². The summed E-state index contributed by atoms with van der Waals surface area (Å²) >= 11 is 0. The van der Waals surface area contributed by atoms with Crippen molar-refractivity contribution in [3.8, 4) is 0 Å². The number of pyridine rings is 1. The van der Waals surface area contributed by atoms with Crippen molar-refractivity contribution < 1.29 is 4.79 Å². The van der Waals surface area contributed by atoms with Crippen molar-refractivity contribution in [3.63, 3.8) is 0 Å². The lowest BCUT2D eigenvalue weighted by Gasteiger charge is -2.25. The van der Waals surface area contributed by atoms with Crippen molar-refractivity contribution in [1.82, 2.24) is 9.88 Å². The second-order valence-corrected chi connectivity index (χ2v) is 5.26. The number of carbonyl (C=O) groups is 1. The molecule has 2 heterocycles. The molecule has 0 spiro atoms. The summed E-state index contributed by atoms with van der Waals surface area (Å²) in [5.74, 6) is 0.0869. The predicted molar refractivity (Wildman–Crippen MR) is 78.4 cm³/mol. The summed E-state index contributed by atoms with van der Waals surface area (Å²) in [5.41, 5.74) is 2.83. The van der Waals surface area contributed by atoms with E-state index in [1.807, 2.05) is 42.2 Å². The van der Waals surface area contributed by atoms with Crippen LogP contribution in [0.3, 0.4) is 0 Å². The fourth-order valence-corrected chi connectivity index (χ4v) is 2.79. The minimum atomic E-state index is 0.0869. The van der Waals surface area contributed by atoms with Crippen LogP contribution in [0.25, 0.3) is 0 Å². The molecule has 0 saturated carbocycles. The van der Waals surface area contributed by atoms with Crippen molar-refractivity contribution in [2.75, 3.05) is 6.54 Å². The van der Waals surface area contributed by atoms with E-state index in [0.717, 1.165) is 25.1 Å². The van der Waals surface area contributed by atoms with Crippen molar-refractivity contribution in [2.45, 2.75) is 25.8 Å². The molecule has 1 aliphatic rings. The molecule has 20 heavy (non-hydrogen) atoms. The number of hydrogen-bond donors (Lipinski definition) is 0. The van der Waals surface area contributed by atoms with Crippen molar-refractivity contribution in [2.24, 2.45) is 0 Å². The van der Waals surface area contributed by atoms with Crippen molar-refractivity contribution >= 4 is 5.91 Å². The number of hydrogen-bond acceptors (Lipinski definition) is 2. The van der Waals surface area contributed by atoms with Gasteiger partial charge in [0.15, 0.2) is 0 Å². The van der Waals surface area contributed by atoms with E-state index in [4.69, 9.17) is 0 Å². The molecule has 1 atom stereocenters. The molecule has 102 valence electrons. The van der Waals surface area contributed by atoms with E-state index >= 15 is 0 Å². The molecule has 1 saturated heterocycles. The second-order valence-electron chi connectivity index (χ2n) is 5.26. The highest BCUT2D eigenvalue weighted by atomic mass is 16.2. The number of aromatic nitrogens is 1. The Kier molecular flexibility index (Phi) is 3.50. The Morgan fingerprint density at radius 3 is 2.70 bits per heavy atom. The van der Waals surface area contributed by atoms with E-state index in [9.17, 15) is 4.79 Å². The van der Waals surface area contributed by atoms with Crippen LogP contribution in [0.15, 0.2) is 48.7 Å². The normalized spacial score (nSPS) is 18.2. The van der Waals surface area contributed by atoms with Gasteiger partial charge in [0.2, 0.25) is 0 Å². The summed E-state index contributed by atoms with van der Waals surface area (Å²) in [7, 11) is 0. The van der Waals surface area contributed by atoms with Crippen molar-refractivity contribution in [1.29, 1.82) is 0 Å². The number of aryl methyl sites for hydroxylation is 1. The maximum absolute atomic E-state index is 12.6. The molecule has 1 aromatic heterocycles. The van der Waals surface area contributed by atoms with Gasteiger partial charge in [0.25, 0.3) is 5.91 Å². The maximum Gasteiger partial charge on any atom is 0.255 e. The lowest BCUT2D eigenvalue weighted by Crippen LogP contribution is -2.30. The summed E-state index contributed by atoms with van der Waals surface area (Å²) in [6.07, 6.45) is 3.78. The van der Waals surface area contributed by atoms with Crippen LogP contribution in [0.4, 0.5) is 0 Å². The Morgan fingerprint density at radius 2 is 2.00 bits per heavy atom. The predicted octanol–water partition coefficient (Wildman–Crippen LogP) is 3.37. The van der Waals surface area contributed by atoms with Crippen LogP contribution in [-0.2, 0) is 0 Å². The average molecular weight is 266 g/mol. The SMILES string of the molecule is Cc1ccc(C(=O)N2CCCC2c2ccccc2)cn1. The highest BCUT2D eigenvalue weighted by Crippen LogP contribution is 2.32. The van der Waals surface area contributed by atoms with Gasteiger partial charge in [0.1, 0.15) is 0 Å². The van der Waals surface area contributed by atoms with Gasteiger partial charge in [0.05, 0.1) is 11.6 Å². The topological polar surface area (TPSA) is 33.2 Å². The van der Waals surface area contributed by atoms with Gasteiger partial charge in [-0.05, 0) is 37.5 Å². The molecule has 0 bridgehead atoms. The van der Waals surface area contributed by atoms with Gasteiger partial charge in [-0.25, -0.2) is 0 Å². The zero-order valence-corrected chi connectivity index (χ0v) is 11.6. The number of carbonyl (C=O) groups excluding carboxylic acids is 1. The van der Waals surface area contributed by atoms with Gasteiger partial charge in [0, 0.05) is 18.4 Å². The number of benzene rings is 1. The highest BCUT2D eigenvalue weighted by Gasteiger charge is 2.30. The number of amides is 1. The summed E-state index contributed by atoms with van der Waals surface area (Å²) in [4.78, 5) is 18.8. The Labute approximate surface area is 119 Å². The Hall–Kier alpha value is -2.16. The number of likely N-dealkylation sites (tertiary alicyclic amines) is 1. The molecule has 0 aliphatic carbocycles. The monoisotopic (exact) mass is 266 g/mol. The fraction of sp³-hybridized carbons (Fsp3) is 0.294. The number of rotatable bonds is 2. The maximum atomic E-state index is 12.6. The first-order valence-corrected chi connectivity index (χ1v) is 7.04. The lowest BCUT2D eigenvalue weighted by atomic mass is 10.0. The molecule has 1 amide bonds. The first kappa shape index (κ1) is 12.9. The Morgan fingerprint density at radius 1 is 1.20 bits per heavy atom.